The van der Waals surface area contributed by atoms with Gasteiger partial charge in [-0.25, -0.2) is 13.1 Å². The van der Waals surface area contributed by atoms with Crippen molar-refractivity contribution < 1.29 is 8.42 Å². The first-order valence-electron chi connectivity index (χ1n) is 7.16. The van der Waals surface area contributed by atoms with Gasteiger partial charge in [0.05, 0.1) is 4.90 Å². The van der Waals surface area contributed by atoms with E-state index in [4.69, 9.17) is 0 Å². The zero-order valence-electron chi connectivity index (χ0n) is 12.5. The maximum atomic E-state index is 12.4. The molecule has 2 rings (SSSR count). The fraction of sp³-hybridized carbons (Fsp3) is 0.600. The van der Waals surface area contributed by atoms with Gasteiger partial charge < -0.3 is 5.32 Å². The summed E-state index contributed by atoms with van der Waals surface area (Å²) in [6.45, 7) is 5.35. The van der Waals surface area contributed by atoms with Crippen LogP contribution >= 0.6 is 0 Å². The first kappa shape index (κ1) is 15.5. The van der Waals surface area contributed by atoms with Gasteiger partial charge in [-0.3, -0.25) is 0 Å². The standard InChI is InChI=1S/C15H24N2O2S/c1-4-15(7-8-15)11-17-20(18,19)14-6-5-12(2)13(9-14)10-16-3/h5-6,9,16-17H,4,7-8,10-11H2,1-3H3. The molecule has 2 N–H and O–H groups in total. The Morgan fingerprint density at radius 2 is 2.00 bits per heavy atom. The third-order valence-corrected chi connectivity index (χ3v) is 5.74. The highest BCUT2D eigenvalue weighted by molar-refractivity contribution is 7.89. The van der Waals surface area contributed by atoms with E-state index in [-0.39, 0.29) is 5.41 Å². The van der Waals surface area contributed by atoms with Gasteiger partial charge in [0.2, 0.25) is 10.0 Å². The van der Waals surface area contributed by atoms with E-state index in [1.165, 1.54) is 0 Å². The summed E-state index contributed by atoms with van der Waals surface area (Å²) in [5, 5.41) is 3.06. The Kier molecular flexibility index (Phi) is 4.52. The first-order chi connectivity index (χ1) is 9.42. The smallest absolute Gasteiger partial charge is 0.240 e. The molecule has 1 aromatic carbocycles. The van der Waals surface area contributed by atoms with Crippen molar-refractivity contribution >= 4 is 10.0 Å². The van der Waals surface area contributed by atoms with Crippen LogP contribution in [0.1, 0.15) is 37.3 Å². The summed E-state index contributed by atoms with van der Waals surface area (Å²) in [4.78, 5) is 0.361. The third-order valence-electron chi connectivity index (χ3n) is 4.34. The van der Waals surface area contributed by atoms with Crippen LogP contribution in [0.2, 0.25) is 0 Å². The Hall–Kier alpha value is -0.910. The average Bonchev–Trinajstić information content (AvgIpc) is 3.20. The molecule has 0 aliphatic heterocycles. The molecule has 20 heavy (non-hydrogen) atoms. The van der Waals surface area contributed by atoms with Crippen LogP contribution in [0.15, 0.2) is 23.1 Å². The van der Waals surface area contributed by atoms with Gasteiger partial charge in [-0.2, -0.15) is 0 Å². The number of nitrogens with one attached hydrogen (secondary N) is 2. The fourth-order valence-electron chi connectivity index (χ4n) is 2.36. The van der Waals surface area contributed by atoms with Crippen LogP contribution in [-0.2, 0) is 16.6 Å². The molecule has 4 nitrogen and oxygen atoms in total. The summed E-state index contributed by atoms with van der Waals surface area (Å²) in [7, 11) is -1.54. The molecule has 0 amide bonds. The molecule has 1 fully saturated rings. The first-order valence-corrected chi connectivity index (χ1v) is 8.64. The molecule has 1 aliphatic rings. The zero-order chi connectivity index (χ0) is 14.8. The third kappa shape index (κ3) is 3.40. The largest absolute Gasteiger partial charge is 0.316 e. The van der Waals surface area contributed by atoms with Crippen molar-refractivity contribution in [3.63, 3.8) is 0 Å². The molecule has 1 saturated carbocycles. The molecule has 1 aromatic rings. The van der Waals surface area contributed by atoms with Crippen molar-refractivity contribution in [2.75, 3.05) is 13.6 Å². The van der Waals surface area contributed by atoms with Crippen molar-refractivity contribution in [2.45, 2.75) is 44.6 Å². The van der Waals surface area contributed by atoms with Crippen LogP contribution < -0.4 is 10.0 Å². The second-order valence-electron chi connectivity index (χ2n) is 5.80. The summed E-state index contributed by atoms with van der Waals surface area (Å²) in [6.07, 6.45) is 3.30. The molecule has 0 atom stereocenters. The minimum atomic E-state index is -3.40. The highest BCUT2D eigenvalue weighted by Gasteiger charge is 2.41. The number of sulfonamides is 1. The Balaban J connectivity index is 2.14. The van der Waals surface area contributed by atoms with Crippen LogP contribution in [0.4, 0.5) is 0 Å². The topological polar surface area (TPSA) is 58.2 Å². The van der Waals surface area contributed by atoms with Gasteiger partial charge in [-0.1, -0.05) is 13.0 Å². The lowest BCUT2D eigenvalue weighted by Gasteiger charge is -2.15. The fourth-order valence-corrected chi connectivity index (χ4v) is 3.57. The Morgan fingerprint density at radius 3 is 2.55 bits per heavy atom. The highest BCUT2D eigenvalue weighted by Crippen LogP contribution is 2.48. The number of hydrogen-bond donors (Lipinski definition) is 2. The van der Waals surface area contributed by atoms with Gasteiger partial charge in [-0.05, 0) is 61.9 Å². The summed E-state index contributed by atoms with van der Waals surface area (Å²) in [5.74, 6) is 0. The van der Waals surface area contributed by atoms with Crippen LogP contribution in [0.5, 0.6) is 0 Å². The Labute approximate surface area is 122 Å². The van der Waals surface area contributed by atoms with Crippen LogP contribution in [0.3, 0.4) is 0 Å². The van der Waals surface area contributed by atoms with Gasteiger partial charge in [0.15, 0.2) is 0 Å². The normalized spacial score (nSPS) is 17.1. The number of rotatable bonds is 7. The van der Waals surface area contributed by atoms with Crippen molar-refractivity contribution in [1.29, 1.82) is 0 Å². The predicted octanol–water partition coefficient (Wildman–Crippen LogP) is 2.18. The van der Waals surface area contributed by atoms with E-state index in [0.29, 0.717) is 18.0 Å². The molecule has 5 heteroatoms. The molecular formula is C15H24N2O2S. The van der Waals surface area contributed by atoms with E-state index in [1.807, 2.05) is 20.0 Å². The molecule has 1 aliphatic carbocycles. The maximum Gasteiger partial charge on any atom is 0.240 e. The lowest BCUT2D eigenvalue weighted by atomic mass is 10.1. The van der Waals surface area contributed by atoms with E-state index in [1.54, 1.807) is 12.1 Å². The van der Waals surface area contributed by atoms with E-state index in [9.17, 15) is 8.42 Å². The monoisotopic (exact) mass is 296 g/mol. The van der Waals surface area contributed by atoms with Crippen LogP contribution in [-0.4, -0.2) is 22.0 Å². The van der Waals surface area contributed by atoms with E-state index >= 15 is 0 Å². The van der Waals surface area contributed by atoms with Gasteiger partial charge in [0.1, 0.15) is 0 Å². The van der Waals surface area contributed by atoms with Gasteiger partial charge in [0.25, 0.3) is 0 Å². The van der Waals surface area contributed by atoms with Gasteiger partial charge in [-0.15, -0.1) is 0 Å². The van der Waals surface area contributed by atoms with Crippen LogP contribution in [0.25, 0.3) is 0 Å². The second-order valence-corrected chi connectivity index (χ2v) is 7.56. The number of aryl methyl sites for hydroxylation is 1. The summed E-state index contributed by atoms with van der Waals surface area (Å²) >= 11 is 0. The summed E-state index contributed by atoms with van der Waals surface area (Å²) in [6, 6.07) is 5.32. The molecular weight excluding hydrogens is 272 g/mol. The maximum absolute atomic E-state index is 12.4. The summed E-state index contributed by atoms with van der Waals surface area (Å²) in [5.41, 5.74) is 2.34. The van der Waals surface area contributed by atoms with Crippen molar-refractivity contribution in [3.8, 4) is 0 Å². The Morgan fingerprint density at radius 1 is 1.30 bits per heavy atom. The number of benzene rings is 1. The zero-order valence-corrected chi connectivity index (χ0v) is 13.3. The SMILES string of the molecule is CCC1(CNS(=O)(=O)c2ccc(C)c(CNC)c2)CC1. The van der Waals surface area contributed by atoms with Crippen molar-refractivity contribution in [1.82, 2.24) is 10.0 Å². The van der Waals surface area contributed by atoms with Crippen molar-refractivity contribution in [3.05, 3.63) is 29.3 Å². The quantitative estimate of drug-likeness (QED) is 0.811. The van der Waals surface area contributed by atoms with E-state index in [2.05, 4.69) is 17.0 Å². The lowest BCUT2D eigenvalue weighted by molar-refractivity contribution is 0.475. The van der Waals surface area contributed by atoms with E-state index < -0.39 is 10.0 Å². The van der Waals surface area contributed by atoms with Crippen molar-refractivity contribution in [2.24, 2.45) is 5.41 Å². The van der Waals surface area contributed by atoms with Gasteiger partial charge >= 0.3 is 0 Å². The van der Waals surface area contributed by atoms with Crippen LogP contribution in [0, 0.1) is 12.3 Å². The molecule has 0 heterocycles. The highest BCUT2D eigenvalue weighted by atomic mass is 32.2. The molecule has 0 aromatic heterocycles. The molecule has 0 unspecified atom stereocenters. The Bertz CT molecular complexity index is 578. The minimum absolute atomic E-state index is 0.214. The lowest BCUT2D eigenvalue weighted by Crippen LogP contribution is -2.30. The number of hydrogen-bond acceptors (Lipinski definition) is 3. The van der Waals surface area contributed by atoms with Gasteiger partial charge in [0, 0.05) is 13.1 Å². The second kappa shape index (κ2) is 5.84. The average molecular weight is 296 g/mol. The molecule has 112 valence electrons. The molecule has 0 spiro atoms. The summed E-state index contributed by atoms with van der Waals surface area (Å²) < 4.78 is 27.5. The predicted molar refractivity (Wildman–Crippen MR) is 81.1 cm³/mol. The molecule has 0 radical (unpaired) electrons. The molecule has 0 saturated heterocycles. The molecule has 0 bridgehead atoms. The van der Waals surface area contributed by atoms with E-state index in [0.717, 1.165) is 30.4 Å². The minimum Gasteiger partial charge on any atom is -0.316 e.